The monoisotopic (exact) mass is 499 g/mol. The first-order chi connectivity index (χ1) is 17.5. The Hall–Kier alpha value is -3.97. The van der Waals surface area contributed by atoms with Crippen LogP contribution >= 0.6 is 11.3 Å². The second-order valence-electron chi connectivity index (χ2n) is 8.54. The van der Waals surface area contributed by atoms with Crippen molar-refractivity contribution in [3.63, 3.8) is 0 Å². The molecule has 0 bridgehead atoms. The number of aryl methyl sites for hydroxylation is 2. The van der Waals surface area contributed by atoms with E-state index in [2.05, 4.69) is 21.7 Å². The lowest BCUT2D eigenvalue weighted by molar-refractivity contribution is -0.121. The number of carbonyl (C=O) groups excluding carboxylic acids is 2. The lowest BCUT2D eigenvalue weighted by Crippen LogP contribution is -2.37. The van der Waals surface area contributed by atoms with E-state index in [9.17, 15) is 9.59 Å². The molecule has 0 aliphatic carbocycles. The Morgan fingerprint density at radius 2 is 1.44 bits per heavy atom. The van der Waals surface area contributed by atoms with Gasteiger partial charge in [-0.15, -0.1) is 11.3 Å². The van der Waals surface area contributed by atoms with E-state index in [1.54, 1.807) is 5.38 Å². The van der Waals surface area contributed by atoms with Crippen LogP contribution in [0, 0.1) is 13.8 Å². The number of hydrogen-bond donors (Lipinski definition) is 2. The molecule has 4 rings (SSSR count). The maximum atomic E-state index is 13.0. The summed E-state index contributed by atoms with van der Waals surface area (Å²) < 4.78 is 5.84. The maximum Gasteiger partial charge on any atom is 0.270 e. The highest BCUT2D eigenvalue weighted by Gasteiger charge is 2.22. The molecule has 7 heteroatoms. The number of carbonyl (C=O) groups is 2. The van der Waals surface area contributed by atoms with Gasteiger partial charge >= 0.3 is 0 Å². The molecule has 4 aromatic rings. The Morgan fingerprint density at radius 3 is 2.06 bits per heavy atom. The average molecular weight is 500 g/mol. The number of rotatable bonds is 10. The summed E-state index contributed by atoms with van der Waals surface area (Å²) >= 11 is 1.38. The highest BCUT2D eigenvalue weighted by molar-refractivity contribution is 7.09. The standard InChI is InChI=1S/C29H29N3O3S/c1-20-15-21(2)17-24(16-20)35-18-26-32-25(19-36-26)28(33)30-13-14-31-29(34)27(22-9-5-3-6-10-22)23-11-7-4-8-12-23/h3-12,15-17,19,27H,13-14,18H2,1-2H3,(H,30,33)(H,31,34). The molecule has 0 radical (unpaired) electrons. The number of thiazole rings is 1. The van der Waals surface area contributed by atoms with E-state index in [4.69, 9.17) is 4.74 Å². The minimum absolute atomic E-state index is 0.110. The van der Waals surface area contributed by atoms with Gasteiger partial charge in [-0.1, -0.05) is 66.7 Å². The summed E-state index contributed by atoms with van der Waals surface area (Å²) in [7, 11) is 0. The molecular weight excluding hydrogens is 470 g/mol. The van der Waals surface area contributed by atoms with Crippen LogP contribution in [-0.4, -0.2) is 29.9 Å². The van der Waals surface area contributed by atoms with Crippen molar-refractivity contribution in [1.29, 1.82) is 0 Å². The van der Waals surface area contributed by atoms with Crippen molar-refractivity contribution in [2.24, 2.45) is 0 Å². The molecule has 184 valence electrons. The molecule has 6 nitrogen and oxygen atoms in total. The van der Waals surface area contributed by atoms with Crippen LogP contribution in [-0.2, 0) is 11.4 Å². The molecule has 3 aromatic carbocycles. The Morgan fingerprint density at radius 1 is 0.861 bits per heavy atom. The van der Waals surface area contributed by atoms with Gasteiger partial charge in [-0.05, 0) is 48.2 Å². The van der Waals surface area contributed by atoms with E-state index >= 15 is 0 Å². The predicted octanol–water partition coefficient (Wildman–Crippen LogP) is 5.02. The molecule has 2 amide bonds. The number of hydrogen-bond acceptors (Lipinski definition) is 5. The Bertz CT molecular complexity index is 1250. The van der Waals surface area contributed by atoms with E-state index in [1.807, 2.05) is 86.6 Å². The lowest BCUT2D eigenvalue weighted by atomic mass is 9.90. The van der Waals surface area contributed by atoms with Crippen molar-refractivity contribution in [1.82, 2.24) is 15.6 Å². The third kappa shape index (κ3) is 6.79. The minimum atomic E-state index is -0.415. The molecule has 0 fully saturated rings. The first-order valence-corrected chi connectivity index (χ1v) is 12.7. The van der Waals surface area contributed by atoms with Gasteiger partial charge in [-0.25, -0.2) is 4.98 Å². The van der Waals surface area contributed by atoms with E-state index in [-0.39, 0.29) is 11.8 Å². The molecule has 0 atom stereocenters. The van der Waals surface area contributed by atoms with Crippen molar-refractivity contribution in [3.05, 3.63) is 117 Å². The molecule has 0 unspecified atom stereocenters. The van der Waals surface area contributed by atoms with Crippen molar-refractivity contribution in [2.45, 2.75) is 26.4 Å². The van der Waals surface area contributed by atoms with Gasteiger partial charge in [0.2, 0.25) is 5.91 Å². The summed E-state index contributed by atoms with van der Waals surface area (Å²) in [5, 5.41) is 8.21. The van der Waals surface area contributed by atoms with Crippen LogP contribution in [0.15, 0.2) is 84.2 Å². The maximum absolute atomic E-state index is 13.0. The fourth-order valence-corrected chi connectivity index (χ4v) is 4.67. The molecule has 2 N–H and O–H groups in total. The van der Waals surface area contributed by atoms with E-state index in [0.29, 0.717) is 25.4 Å². The number of nitrogens with zero attached hydrogens (tertiary/aromatic N) is 1. The van der Waals surface area contributed by atoms with Gasteiger partial charge in [-0.2, -0.15) is 0 Å². The van der Waals surface area contributed by atoms with Crippen molar-refractivity contribution in [2.75, 3.05) is 13.1 Å². The van der Waals surface area contributed by atoms with Crippen LogP contribution in [0.1, 0.15) is 43.7 Å². The summed E-state index contributed by atoms with van der Waals surface area (Å²) in [6.45, 7) is 4.97. The van der Waals surface area contributed by atoms with Crippen LogP contribution in [0.25, 0.3) is 0 Å². The second kappa shape index (κ2) is 12.1. The summed E-state index contributed by atoms with van der Waals surface area (Å²) in [5.41, 5.74) is 4.45. The average Bonchev–Trinajstić information content (AvgIpc) is 3.36. The quantitative estimate of drug-likeness (QED) is 0.300. The van der Waals surface area contributed by atoms with E-state index < -0.39 is 5.92 Å². The fraction of sp³-hybridized carbons (Fsp3) is 0.207. The second-order valence-corrected chi connectivity index (χ2v) is 9.48. The number of ether oxygens (including phenoxy) is 1. The SMILES string of the molecule is Cc1cc(C)cc(OCc2nc(C(=O)NCCNC(=O)C(c3ccccc3)c3ccccc3)cs2)c1. The summed E-state index contributed by atoms with van der Waals surface area (Å²) in [6.07, 6.45) is 0. The topological polar surface area (TPSA) is 80.3 Å². The van der Waals surface area contributed by atoms with Crippen LogP contribution in [0.4, 0.5) is 0 Å². The smallest absolute Gasteiger partial charge is 0.270 e. The van der Waals surface area contributed by atoms with Gasteiger partial charge in [0.15, 0.2) is 0 Å². The zero-order chi connectivity index (χ0) is 25.3. The zero-order valence-electron chi connectivity index (χ0n) is 20.4. The Kier molecular flexibility index (Phi) is 8.47. The van der Waals surface area contributed by atoms with Gasteiger partial charge in [0, 0.05) is 18.5 Å². The fourth-order valence-electron chi connectivity index (χ4n) is 3.98. The van der Waals surface area contributed by atoms with Gasteiger partial charge in [-0.3, -0.25) is 9.59 Å². The summed E-state index contributed by atoms with van der Waals surface area (Å²) in [6, 6.07) is 25.4. The van der Waals surface area contributed by atoms with Crippen LogP contribution in [0.2, 0.25) is 0 Å². The van der Waals surface area contributed by atoms with E-state index in [0.717, 1.165) is 33.0 Å². The van der Waals surface area contributed by atoms with Gasteiger partial charge < -0.3 is 15.4 Å². The van der Waals surface area contributed by atoms with Gasteiger partial charge in [0.25, 0.3) is 5.91 Å². The largest absolute Gasteiger partial charge is 0.486 e. The number of amides is 2. The summed E-state index contributed by atoms with van der Waals surface area (Å²) in [4.78, 5) is 30.0. The third-order valence-electron chi connectivity index (χ3n) is 5.58. The van der Waals surface area contributed by atoms with Crippen LogP contribution in [0.3, 0.4) is 0 Å². The Labute approximate surface area is 215 Å². The molecule has 0 aliphatic rings. The van der Waals surface area contributed by atoms with Crippen molar-refractivity contribution >= 4 is 23.2 Å². The molecule has 1 heterocycles. The summed E-state index contributed by atoms with van der Waals surface area (Å²) in [5.74, 6) is -0.0166. The molecule has 0 aliphatic heterocycles. The first kappa shape index (κ1) is 25.1. The number of nitrogens with one attached hydrogen (secondary N) is 2. The molecule has 0 saturated heterocycles. The van der Waals surface area contributed by atoms with Crippen molar-refractivity contribution in [3.8, 4) is 5.75 Å². The molecule has 0 saturated carbocycles. The minimum Gasteiger partial charge on any atom is -0.486 e. The molecule has 0 spiro atoms. The highest BCUT2D eigenvalue weighted by atomic mass is 32.1. The van der Waals surface area contributed by atoms with Gasteiger partial charge in [0.05, 0.1) is 5.92 Å². The lowest BCUT2D eigenvalue weighted by Gasteiger charge is -2.18. The van der Waals surface area contributed by atoms with E-state index in [1.165, 1.54) is 11.3 Å². The highest BCUT2D eigenvalue weighted by Crippen LogP contribution is 2.24. The normalized spacial score (nSPS) is 10.8. The third-order valence-corrected chi connectivity index (χ3v) is 6.40. The molecule has 1 aromatic heterocycles. The Balaban J connectivity index is 1.27. The number of aromatic nitrogens is 1. The zero-order valence-corrected chi connectivity index (χ0v) is 21.2. The first-order valence-electron chi connectivity index (χ1n) is 11.8. The van der Waals surface area contributed by atoms with Crippen molar-refractivity contribution < 1.29 is 14.3 Å². The van der Waals surface area contributed by atoms with Crippen LogP contribution in [0.5, 0.6) is 5.75 Å². The molecular formula is C29H29N3O3S. The van der Waals surface area contributed by atoms with Crippen LogP contribution < -0.4 is 15.4 Å². The molecule has 36 heavy (non-hydrogen) atoms. The predicted molar refractivity (Wildman–Crippen MR) is 142 cm³/mol. The number of benzene rings is 3. The van der Waals surface area contributed by atoms with Gasteiger partial charge in [0.1, 0.15) is 23.1 Å².